The highest BCUT2D eigenvalue weighted by molar-refractivity contribution is 5.94. The third-order valence-corrected chi connectivity index (χ3v) is 8.96. The van der Waals surface area contributed by atoms with Gasteiger partial charge in [-0.15, -0.1) is 0 Å². The van der Waals surface area contributed by atoms with Crippen molar-refractivity contribution in [3.8, 4) is 62.5 Å². The number of benzene rings is 6. The second-order valence-electron chi connectivity index (χ2n) is 12.2. The molecule has 1 aliphatic heterocycles. The Bertz CT molecular complexity index is 2320. The monoisotopic (exact) mass is 591 g/mol. The number of hydrogen-bond acceptors (Lipinski definition) is 4. The van der Waals surface area contributed by atoms with Crippen LogP contribution in [0.1, 0.15) is 30.5 Å². The highest BCUT2D eigenvalue weighted by Gasteiger charge is 2.34. The molecule has 8 rings (SSSR count). The normalized spacial score (nSPS) is 12.9. The lowest BCUT2D eigenvalue weighted by Crippen LogP contribution is -2.24. The third kappa shape index (κ3) is 4.70. The Labute approximate surface area is 268 Å². The van der Waals surface area contributed by atoms with Crippen LogP contribution in [-0.4, -0.2) is 9.97 Å². The van der Waals surface area contributed by atoms with Gasteiger partial charge in [0.05, 0.1) is 22.8 Å². The molecule has 0 bridgehead atoms. The zero-order valence-electron chi connectivity index (χ0n) is 25.5. The van der Waals surface area contributed by atoms with Crippen LogP contribution in [-0.2, 0) is 5.41 Å². The van der Waals surface area contributed by atoms with E-state index in [-0.39, 0.29) is 5.41 Å². The number of nitrogens with zero attached hydrogens (tertiary/aromatic N) is 3. The van der Waals surface area contributed by atoms with Gasteiger partial charge in [0, 0.05) is 33.1 Å². The van der Waals surface area contributed by atoms with E-state index in [9.17, 15) is 5.26 Å². The summed E-state index contributed by atoms with van der Waals surface area (Å²) in [6.45, 7) is 4.51. The first-order valence-electron chi connectivity index (χ1n) is 15.4. The Morgan fingerprint density at radius 2 is 1.20 bits per heavy atom. The van der Waals surface area contributed by atoms with Crippen molar-refractivity contribution in [3.05, 3.63) is 156 Å². The fraction of sp³-hybridized carbons (Fsp3) is 0.0714. The molecule has 1 aromatic heterocycles. The first-order chi connectivity index (χ1) is 22.5. The van der Waals surface area contributed by atoms with Crippen LogP contribution in [0.2, 0.25) is 0 Å². The second-order valence-corrected chi connectivity index (χ2v) is 12.2. The molecule has 0 fully saturated rings. The maximum absolute atomic E-state index is 9.41. The van der Waals surface area contributed by atoms with E-state index in [1.165, 1.54) is 5.56 Å². The van der Waals surface area contributed by atoms with Crippen LogP contribution < -0.4 is 4.74 Å². The Balaban J connectivity index is 1.33. The van der Waals surface area contributed by atoms with Crippen LogP contribution in [0.25, 0.3) is 55.8 Å². The lowest BCUT2D eigenvalue weighted by molar-refractivity contribution is 0.418. The summed E-state index contributed by atoms with van der Waals surface area (Å²) in [5.74, 6) is 2.44. The van der Waals surface area contributed by atoms with E-state index in [2.05, 4.69) is 86.6 Å². The summed E-state index contributed by atoms with van der Waals surface area (Å²) in [5, 5.41) is 10.4. The van der Waals surface area contributed by atoms with E-state index in [0.717, 1.165) is 67.0 Å². The molecule has 0 amide bonds. The molecule has 4 nitrogen and oxygen atoms in total. The Kier molecular flexibility index (Phi) is 6.48. The zero-order valence-corrected chi connectivity index (χ0v) is 25.5. The van der Waals surface area contributed by atoms with Crippen LogP contribution in [0.15, 0.2) is 140 Å². The van der Waals surface area contributed by atoms with Crippen molar-refractivity contribution in [2.45, 2.75) is 19.3 Å². The molecule has 46 heavy (non-hydrogen) atoms. The molecule has 0 saturated heterocycles. The predicted molar refractivity (Wildman–Crippen MR) is 185 cm³/mol. The average Bonchev–Trinajstić information content (AvgIpc) is 3.11. The highest BCUT2D eigenvalue weighted by Crippen LogP contribution is 2.49. The van der Waals surface area contributed by atoms with Crippen molar-refractivity contribution in [2.24, 2.45) is 0 Å². The molecule has 0 aliphatic carbocycles. The third-order valence-electron chi connectivity index (χ3n) is 8.96. The van der Waals surface area contributed by atoms with Crippen LogP contribution in [0, 0.1) is 11.3 Å². The van der Waals surface area contributed by atoms with Gasteiger partial charge in [-0.3, -0.25) is 0 Å². The fourth-order valence-corrected chi connectivity index (χ4v) is 6.47. The fourth-order valence-electron chi connectivity index (χ4n) is 6.47. The molecule has 0 saturated carbocycles. The molecule has 4 heteroatoms. The Morgan fingerprint density at radius 3 is 2.00 bits per heavy atom. The van der Waals surface area contributed by atoms with Crippen molar-refractivity contribution in [1.29, 1.82) is 5.26 Å². The maximum Gasteiger partial charge on any atom is 0.160 e. The van der Waals surface area contributed by atoms with Crippen LogP contribution in [0.5, 0.6) is 11.5 Å². The van der Waals surface area contributed by atoms with Gasteiger partial charge in [0.1, 0.15) is 11.5 Å². The number of aromatic nitrogens is 2. The predicted octanol–water partition coefficient (Wildman–Crippen LogP) is 10.6. The summed E-state index contributed by atoms with van der Waals surface area (Å²) in [4.78, 5) is 10.3. The molecular formula is C42H29N3O. The van der Waals surface area contributed by atoms with Gasteiger partial charge in [0.2, 0.25) is 0 Å². The summed E-state index contributed by atoms with van der Waals surface area (Å²) < 4.78 is 6.36. The molecule has 0 unspecified atom stereocenters. The van der Waals surface area contributed by atoms with E-state index >= 15 is 0 Å². The van der Waals surface area contributed by atoms with Crippen molar-refractivity contribution in [1.82, 2.24) is 9.97 Å². The molecule has 2 heterocycles. The molecule has 1 aliphatic rings. The van der Waals surface area contributed by atoms with E-state index in [1.54, 1.807) is 0 Å². The first kappa shape index (κ1) is 27.5. The first-order valence-corrected chi connectivity index (χ1v) is 15.4. The maximum atomic E-state index is 9.41. The van der Waals surface area contributed by atoms with Crippen LogP contribution in [0.3, 0.4) is 0 Å². The topological polar surface area (TPSA) is 58.8 Å². The van der Waals surface area contributed by atoms with E-state index in [4.69, 9.17) is 14.7 Å². The zero-order chi connectivity index (χ0) is 31.3. The van der Waals surface area contributed by atoms with Gasteiger partial charge in [0.25, 0.3) is 0 Å². The largest absolute Gasteiger partial charge is 0.457 e. The molecule has 0 spiro atoms. The minimum Gasteiger partial charge on any atom is -0.457 e. The molecular weight excluding hydrogens is 562 g/mol. The lowest BCUT2D eigenvalue weighted by Gasteiger charge is -2.34. The van der Waals surface area contributed by atoms with Crippen molar-refractivity contribution in [2.75, 3.05) is 0 Å². The van der Waals surface area contributed by atoms with Gasteiger partial charge in [-0.1, -0.05) is 98.8 Å². The summed E-state index contributed by atoms with van der Waals surface area (Å²) in [6, 6.07) is 49.6. The number of para-hydroxylation sites is 2. The minimum atomic E-state index is -0.236. The summed E-state index contributed by atoms with van der Waals surface area (Å²) in [7, 11) is 0. The minimum absolute atomic E-state index is 0.236. The average molecular weight is 592 g/mol. The number of ether oxygens (including phenoxy) is 1. The van der Waals surface area contributed by atoms with E-state index in [1.807, 2.05) is 72.8 Å². The van der Waals surface area contributed by atoms with Gasteiger partial charge in [-0.25, -0.2) is 9.97 Å². The Hall–Kier alpha value is -6.05. The molecule has 6 aromatic carbocycles. The highest BCUT2D eigenvalue weighted by atomic mass is 16.5. The quantitative estimate of drug-likeness (QED) is 0.204. The van der Waals surface area contributed by atoms with Crippen LogP contribution in [0.4, 0.5) is 0 Å². The summed E-state index contributed by atoms with van der Waals surface area (Å²) in [5.41, 5.74) is 10.6. The number of hydrogen-bond donors (Lipinski definition) is 0. The van der Waals surface area contributed by atoms with E-state index < -0.39 is 0 Å². The van der Waals surface area contributed by atoms with Gasteiger partial charge in [-0.05, 0) is 76.9 Å². The molecule has 7 aromatic rings. The van der Waals surface area contributed by atoms with Crippen molar-refractivity contribution < 1.29 is 4.74 Å². The molecule has 0 atom stereocenters. The standard InChI is InChI=1S/C42H29N3O/c1-42(2)35-13-7-9-15-38(35)46-39-21-20-30(25-36(39)42)32-22-31(28-18-16-27(26-43)17-19-28)23-33(24-32)41-44-37-14-8-6-12-34(37)40(45-41)29-10-4-3-5-11-29/h3-25H,1-2H3. The lowest BCUT2D eigenvalue weighted by atomic mass is 9.75. The van der Waals surface area contributed by atoms with Crippen molar-refractivity contribution >= 4 is 10.9 Å². The Morgan fingerprint density at radius 1 is 0.543 bits per heavy atom. The SMILES string of the molecule is CC1(C)c2ccccc2Oc2ccc(-c3cc(-c4ccc(C#N)cc4)cc(-c4nc(-c5ccccc5)c5ccccc5n4)c3)cc21. The molecule has 218 valence electrons. The van der Waals surface area contributed by atoms with Crippen LogP contribution >= 0.6 is 0 Å². The van der Waals surface area contributed by atoms with Gasteiger partial charge >= 0.3 is 0 Å². The molecule has 0 radical (unpaired) electrons. The number of fused-ring (bicyclic) bond motifs is 3. The number of rotatable bonds is 4. The smallest absolute Gasteiger partial charge is 0.160 e. The van der Waals surface area contributed by atoms with Gasteiger partial charge in [0.15, 0.2) is 5.82 Å². The van der Waals surface area contributed by atoms with Gasteiger partial charge in [-0.2, -0.15) is 5.26 Å². The summed E-state index contributed by atoms with van der Waals surface area (Å²) >= 11 is 0. The van der Waals surface area contributed by atoms with Crippen molar-refractivity contribution in [3.63, 3.8) is 0 Å². The second kappa shape index (κ2) is 10.8. The number of nitriles is 1. The van der Waals surface area contributed by atoms with Gasteiger partial charge < -0.3 is 4.74 Å². The van der Waals surface area contributed by atoms with E-state index in [0.29, 0.717) is 11.4 Å². The summed E-state index contributed by atoms with van der Waals surface area (Å²) in [6.07, 6.45) is 0. The molecule has 0 N–H and O–H groups in total.